The highest BCUT2D eigenvalue weighted by Crippen LogP contribution is 2.34. The zero-order chi connectivity index (χ0) is 18.3. The van der Waals surface area contributed by atoms with Gasteiger partial charge in [0.15, 0.2) is 0 Å². The van der Waals surface area contributed by atoms with Crippen molar-refractivity contribution in [1.82, 2.24) is 9.47 Å². The number of carbonyl (C=O) groups excluding carboxylic acids is 1. The van der Waals surface area contributed by atoms with E-state index in [-0.39, 0.29) is 6.09 Å². The Balaban J connectivity index is 1.65. The maximum Gasteiger partial charge on any atom is 0.410 e. The van der Waals surface area contributed by atoms with Crippen LogP contribution in [-0.2, 0) is 24.2 Å². The molecule has 1 aliphatic heterocycles. The summed E-state index contributed by atoms with van der Waals surface area (Å²) >= 11 is 0. The molecule has 1 fully saturated rings. The van der Waals surface area contributed by atoms with E-state index in [1.807, 2.05) is 25.7 Å². The van der Waals surface area contributed by atoms with Crippen molar-refractivity contribution in [3.8, 4) is 0 Å². The average molecular weight is 354 g/mol. The molecule has 0 N–H and O–H groups in total. The average Bonchev–Trinajstić information content (AvgIpc) is 3.21. The highest BCUT2D eigenvalue weighted by atomic mass is 16.6. The third-order valence-electron chi connectivity index (χ3n) is 5.73. The summed E-state index contributed by atoms with van der Waals surface area (Å²) in [5.41, 5.74) is 3.62. The summed E-state index contributed by atoms with van der Waals surface area (Å²) in [6, 6.07) is 8.68. The summed E-state index contributed by atoms with van der Waals surface area (Å²) in [5.74, 6) is 0.804. The summed E-state index contributed by atoms with van der Waals surface area (Å²) in [6.45, 7) is 8.29. The van der Waals surface area contributed by atoms with Crippen LogP contribution in [0.25, 0.3) is 10.9 Å². The van der Waals surface area contributed by atoms with E-state index in [4.69, 9.17) is 4.74 Å². The molecule has 2 aliphatic rings. The minimum absolute atomic E-state index is 0.198. The number of hydrogen-bond donors (Lipinski definition) is 0. The molecule has 1 aromatic heterocycles. The predicted molar refractivity (Wildman–Crippen MR) is 104 cm³/mol. The molecular weight excluding hydrogens is 324 g/mol. The number of carbonyl (C=O) groups is 1. The molecule has 1 saturated carbocycles. The molecule has 1 aliphatic carbocycles. The number of aromatic nitrogens is 1. The van der Waals surface area contributed by atoms with E-state index in [1.165, 1.54) is 47.8 Å². The number of ether oxygens (including phenoxy) is 1. The van der Waals surface area contributed by atoms with Crippen molar-refractivity contribution >= 4 is 17.0 Å². The van der Waals surface area contributed by atoms with Crippen LogP contribution in [0.2, 0.25) is 0 Å². The first-order valence-corrected chi connectivity index (χ1v) is 9.99. The number of benzene rings is 1. The molecule has 0 unspecified atom stereocenters. The Morgan fingerprint density at radius 1 is 1.19 bits per heavy atom. The second kappa shape index (κ2) is 6.64. The van der Waals surface area contributed by atoms with Crippen LogP contribution in [0.1, 0.15) is 57.7 Å². The first-order chi connectivity index (χ1) is 12.4. The minimum Gasteiger partial charge on any atom is -0.444 e. The Bertz CT molecular complexity index is 809. The predicted octanol–water partition coefficient (Wildman–Crippen LogP) is 5.12. The quantitative estimate of drug-likeness (QED) is 0.750. The SMILES string of the molecule is CC(C)(C)OC(=O)N1CCc2c(c3ccccc3n2CC2CCCC2)C1. The van der Waals surface area contributed by atoms with Crippen molar-refractivity contribution < 1.29 is 9.53 Å². The van der Waals surface area contributed by atoms with Crippen molar-refractivity contribution in [3.63, 3.8) is 0 Å². The fourth-order valence-electron chi connectivity index (χ4n) is 4.54. The van der Waals surface area contributed by atoms with E-state index >= 15 is 0 Å². The largest absolute Gasteiger partial charge is 0.444 e. The van der Waals surface area contributed by atoms with Crippen LogP contribution in [0.5, 0.6) is 0 Å². The topological polar surface area (TPSA) is 34.5 Å². The monoisotopic (exact) mass is 354 g/mol. The first-order valence-electron chi connectivity index (χ1n) is 9.99. The van der Waals surface area contributed by atoms with Crippen LogP contribution in [0, 0.1) is 5.92 Å². The lowest BCUT2D eigenvalue weighted by Gasteiger charge is -2.31. The second-order valence-electron chi connectivity index (χ2n) is 8.86. The molecule has 0 atom stereocenters. The molecule has 0 saturated heterocycles. The number of nitrogens with zero attached hydrogens (tertiary/aromatic N) is 2. The van der Waals surface area contributed by atoms with Crippen LogP contribution in [0.4, 0.5) is 4.79 Å². The Morgan fingerprint density at radius 2 is 1.92 bits per heavy atom. The standard InChI is InChI=1S/C22H30N2O2/c1-22(2,3)26-21(25)23-13-12-20-18(15-23)17-10-6-7-11-19(17)24(20)14-16-8-4-5-9-16/h6-7,10-11,16H,4-5,8-9,12-15H2,1-3H3. The van der Waals surface area contributed by atoms with Gasteiger partial charge in [0.05, 0.1) is 6.54 Å². The number of fused-ring (bicyclic) bond motifs is 3. The molecule has 2 aromatic rings. The van der Waals surface area contributed by atoms with Crippen molar-refractivity contribution in [2.75, 3.05) is 6.54 Å². The first kappa shape index (κ1) is 17.4. The number of para-hydroxylation sites is 1. The van der Waals surface area contributed by atoms with Gasteiger partial charge in [-0.05, 0) is 45.6 Å². The van der Waals surface area contributed by atoms with Gasteiger partial charge in [0.1, 0.15) is 5.60 Å². The van der Waals surface area contributed by atoms with E-state index in [1.54, 1.807) is 0 Å². The van der Waals surface area contributed by atoms with Gasteiger partial charge in [0.2, 0.25) is 0 Å². The van der Waals surface area contributed by atoms with Gasteiger partial charge in [0, 0.05) is 41.7 Å². The van der Waals surface area contributed by atoms with Crippen LogP contribution in [0.3, 0.4) is 0 Å². The van der Waals surface area contributed by atoms with Gasteiger partial charge >= 0.3 is 6.09 Å². The van der Waals surface area contributed by atoms with Gasteiger partial charge in [-0.25, -0.2) is 4.79 Å². The fraction of sp³-hybridized carbons (Fsp3) is 0.591. The Labute approximate surface area is 156 Å². The zero-order valence-corrected chi connectivity index (χ0v) is 16.3. The summed E-state index contributed by atoms with van der Waals surface area (Å²) < 4.78 is 8.15. The van der Waals surface area contributed by atoms with Gasteiger partial charge in [0.25, 0.3) is 0 Å². The van der Waals surface area contributed by atoms with E-state index in [2.05, 4.69) is 28.8 Å². The molecule has 4 heteroatoms. The molecule has 1 aromatic carbocycles. The zero-order valence-electron chi connectivity index (χ0n) is 16.3. The van der Waals surface area contributed by atoms with E-state index < -0.39 is 5.60 Å². The van der Waals surface area contributed by atoms with Crippen LogP contribution in [0.15, 0.2) is 24.3 Å². The van der Waals surface area contributed by atoms with E-state index in [0.717, 1.165) is 25.4 Å². The third kappa shape index (κ3) is 3.34. The van der Waals surface area contributed by atoms with Gasteiger partial charge in [-0.2, -0.15) is 0 Å². The fourth-order valence-corrected chi connectivity index (χ4v) is 4.54. The van der Waals surface area contributed by atoms with Gasteiger partial charge < -0.3 is 14.2 Å². The van der Waals surface area contributed by atoms with E-state index in [9.17, 15) is 4.79 Å². The van der Waals surface area contributed by atoms with Gasteiger partial charge in [-0.15, -0.1) is 0 Å². The maximum atomic E-state index is 12.5. The highest BCUT2D eigenvalue weighted by Gasteiger charge is 2.30. The minimum atomic E-state index is -0.451. The lowest BCUT2D eigenvalue weighted by Crippen LogP contribution is -2.40. The van der Waals surface area contributed by atoms with Crippen molar-refractivity contribution in [1.29, 1.82) is 0 Å². The number of rotatable bonds is 2. The normalized spacial score (nSPS) is 18.3. The maximum absolute atomic E-state index is 12.5. The van der Waals surface area contributed by atoms with Crippen LogP contribution in [-0.4, -0.2) is 27.7 Å². The molecule has 4 nitrogen and oxygen atoms in total. The Hall–Kier alpha value is -1.97. The highest BCUT2D eigenvalue weighted by molar-refractivity contribution is 5.86. The van der Waals surface area contributed by atoms with Crippen molar-refractivity contribution in [2.24, 2.45) is 5.92 Å². The smallest absolute Gasteiger partial charge is 0.410 e. The molecule has 0 bridgehead atoms. The molecule has 2 heterocycles. The molecule has 140 valence electrons. The second-order valence-corrected chi connectivity index (χ2v) is 8.86. The molecule has 1 amide bonds. The van der Waals surface area contributed by atoms with Crippen molar-refractivity contribution in [2.45, 2.75) is 71.6 Å². The molecule has 0 radical (unpaired) electrons. The Morgan fingerprint density at radius 3 is 2.65 bits per heavy atom. The van der Waals surface area contributed by atoms with Crippen LogP contribution < -0.4 is 0 Å². The van der Waals surface area contributed by atoms with Crippen LogP contribution >= 0.6 is 0 Å². The summed E-state index contributed by atoms with van der Waals surface area (Å²) in [7, 11) is 0. The van der Waals surface area contributed by atoms with Gasteiger partial charge in [-0.1, -0.05) is 31.0 Å². The molecular formula is C22H30N2O2. The lowest BCUT2D eigenvalue weighted by atomic mass is 10.0. The van der Waals surface area contributed by atoms with Gasteiger partial charge in [-0.3, -0.25) is 0 Å². The molecule has 26 heavy (non-hydrogen) atoms. The number of hydrogen-bond acceptors (Lipinski definition) is 2. The summed E-state index contributed by atoms with van der Waals surface area (Å²) in [4.78, 5) is 14.4. The lowest BCUT2D eigenvalue weighted by molar-refractivity contribution is 0.0223. The summed E-state index contributed by atoms with van der Waals surface area (Å²) in [6.07, 6.45) is 6.17. The van der Waals surface area contributed by atoms with Crippen molar-refractivity contribution in [3.05, 3.63) is 35.5 Å². The summed E-state index contributed by atoms with van der Waals surface area (Å²) in [5, 5.41) is 1.30. The third-order valence-corrected chi connectivity index (χ3v) is 5.73. The molecule has 4 rings (SSSR count). The number of amides is 1. The molecule has 0 spiro atoms. The van der Waals surface area contributed by atoms with E-state index in [0.29, 0.717) is 6.54 Å². The Kier molecular flexibility index (Phi) is 4.45.